The van der Waals surface area contributed by atoms with Crippen LogP contribution >= 0.6 is 0 Å². The van der Waals surface area contributed by atoms with Gasteiger partial charge in [0.2, 0.25) is 0 Å². The first-order chi connectivity index (χ1) is 7.77. The highest BCUT2D eigenvalue weighted by atomic mass is 15.3. The van der Waals surface area contributed by atoms with Gasteiger partial charge in [-0.3, -0.25) is 0 Å². The van der Waals surface area contributed by atoms with Crippen molar-refractivity contribution in [1.82, 2.24) is 0 Å². The molecule has 0 radical (unpaired) electrons. The van der Waals surface area contributed by atoms with Gasteiger partial charge in [0.15, 0.2) is 0 Å². The van der Waals surface area contributed by atoms with E-state index in [1.807, 2.05) is 0 Å². The Hall–Kier alpha value is -0.0800. The first kappa shape index (κ1) is 16.9. The number of unbranched alkanes of at least 4 members (excludes halogenated alkanes) is 4. The van der Waals surface area contributed by atoms with Crippen molar-refractivity contribution < 1.29 is 8.97 Å². The van der Waals surface area contributed by atoms with Gasteiger partial charge in [-0.05, 0) is 12.8 Å². The lowest BCUT2D eigenvalue weighted by Gasteiger charge is -2.31. The average molecular weight is 244 g/mol. The van der Waals surface area contributed by atoms with E-state index in [9.17, 15) is 0 Å². The van der Waals surface area contributed by atoms with Crippen molar-refractivity contribution in [3.63, 3.8) is 0 Å². The fraction of sp³-hybridized carbons (Fsp3) is 1.00. The summed E-state index contributed by atoms with van der Waals surface area (Å²) >= 11 is 0. The van der Waals surface area contributed by atoms with Crippen LogP contribution in [0.25, 0.3) is 0 Å². The number of hydrogen-bond acceptors (Lipinski definition) is 0. The third kappa shape index (κ3) is 12.2. The molecular formula is C15H36N2+2. The van der Waals surface area contributed by atoms with Crippen molar-refractivity contribution in [3.05, 3.63) is 0 Å². The molecule has 0 amide bonds. The van der Waals surface area contributed by atoms with Crippen LogP contribution in [0.1, 0.15) is 45.4 Å². The molecule has 0 aromatic carbocycles. The fourth-order valence-corrected chi connectivity index (χ4v) is 2.23. The van der Waals surface area contributed by atoms with E-state index in [1.54, 1.807) is 0 Å². The topological polar surface area (TPSA) is 0 Å². The van der Waals surface area contributed by atoms with Crippen LogP contribution in [0, 0.1) is 0 Å². The Morgan fingerprint density at radius 2 is 1.12 bits per heavy atom. The van der Waals surface area contributed by atoms with Crippen LogP contribution in [-0.2, 0) is 0 Å². The number of nitrogens with zero attached hydrogens (tertiary/aromatic N) is 2. The molecule has 0 saturated carbocycles. The van der Waals surface area contributed by atoms with Crippen molar-refractivity contribution in [2.24, 2.45) is 0 Å². The largest absolute Gasteiger partial charge is 0.331 e. The van der Waals surface area contributed by atoms with E-state index in [4.69, 9.17) is 0 Å². The van der Waals surface area contributed by atoms with Gasteiger partial charge in [0.05, 0.1) is 54.9 Å². The maximum atomic E-state index is 2.38. The van der Waals surface area contributed by atoms with Gasteiger partial charge in [0, 0.05) is 6.42 Å². The zero-order valence-electron chi connectivity index (χ0n) is 13.3. The number of rotatable bonds is 10. The van der Waals surface area contributed by atoms with Crippen LogP contribution in [0.5, 0.6) is 0 Å². The molecule has 0 fully saturated rings. The SMILES string of the molecule is CCCCCCC[N+](C)(C)CCC[N+](C)(C)C. The minimum absolute atomic E-state index is 1.09. The Morgan fingerprint density at radius 3 is 1.65 bits per heavy atom. The van der Waals surface area contributed by atoms with Crippen LogP contribution in [0.4, 0.5) is 0 Å². The molecule has 0 aliphatic carbocycles. The van der Waals surface area contributed by atoms with Crippen LogP contribution in [0.2, 0.25) is 0 Å². The summed E-state index contributed by atoms with van der Waals surface area (Å²) in [7, 11) is 11.6. The molecule has 0 aliphatic heterocycles. The van der Waals surface area contributed by atoms with E-state index < -0.39 is 0 Å². The van der Waals surface area contributed by atoms with E-state index in [1.165, 1.54) is 62.6 Å². The molecule has 0 heterocycles. The smallest absolute Gasteiger partial charge is 0.0836 e. The van der Waals surface area contributed by atoms with E-state index >= 15 is 0 Å². The zero-order chi connectivity index (χ0) is 13.4. The third-order valence-corrected chi connectivity index (χ3v) is 3.46. The van der Waals surface area contributed by atoms with Gasteiger partial charge < -0.3 is 8.97 Å². The lowest BCUT2D eigenvalue weighted by molar-refractivity contribution is -0.902. The molecule has 0 aromatic rings. The molecule has 2 nitrogen and oxygen atoms in total. The summed E-state index contributed by atoms with van der Waals surface area (Å²) in [5, 5.41) is 0. The molecule has 0 spiro atoms. The van der Waals surface area contributed by atoms with Crippen molar-refractivity contribution in [2.45, 2.75) is 45.4 Å². The molecule has 0 saturated heterocycles. The molecule has 0 N–H and O–H groups in total. The standard InChI is InChI=1S/C15H36N2/c1-7-8-9-10-11-14-17(5,6)15-12-13-16(2,3)4/h7-15H2,1-6H3/q+2. The normalized spacial score (nSPS) is 13.1. The summed E-state index contributed by atoms with van der Waals surface area (Å²) in [6, 6.07) is 0. The lowest BCUT2D eigenvalue weighted by atomic mass is 10.1. The summed E-state index contributed by atoms with van der Waals surface area (Å²) in [4.78, 5) is 0. The maximum Gasteiger partial charge on any atom is 0.0836 e. The van der Waals surface area contributed by atoms with E-state index in [-0.39, 0.29) is 0 Å². The van der Waals surface area contributed by atoms with Gasteiger partial charge in [-0.25, -0.2) is 0 Å². The van der Waals surface area contributed by atoms with Crippen molar-refractivity contribution in [1.29, 1.82) is 0 Å². The van der Waals surface area contributed by atoms with E-state index in [0.717, 1.165) is 4.48 Å². The van der Waals surface area contributed by atoms with Gasteiger partial charge in [0.25, 0.3) is 0 Å². The van der Waals surface area contributed by atoms with Crippen LogP contribution in [-0.4, -0.2) is 63.8 Å². The highest BCUT2D eigenvalue weighted by Crippen LogP contribution is 2.08. The minimum Gasteiger partial charge on any atom is -0.331 e. The second-order valence-corrected chi connectivity index (χ2v) is 7.16. The molecular weight excluding hydrogens is 208 g/mol. The minimum atomic E-state index is 1.09. The second-order valence-electron chi connectivity index (χ2n) is 7.16. The zero-order valence-corrected chi connectivity index (χ0v) is 13.3. The Labute approximate surface area is 110 Å². The quantitative estimate of drug-likeness (QED) is 0.409. The molecule has 17 heavy (non-hydrogen) atoms. The second kappa shape index (κ2) is 8.10. The molecule has 104 valence electrons. The predicted molar refractivity (Wildman–Crippen MR) is 78.1 cm³/mol. The van der Waals surface area contributed by atoms with Crippen LogP contribution in [0.3, 0.4) is 0 Å². The molecule has 0 bridgehead atoms. The highest BCUT2D eigenvalue weighted by Gasteiger charge is 2.16. The third-order valence-electron chi connectivity index (χ3n) is 3.46. The Kier molecular flexibility index (Phi) is 8.06. The van der Waals surface area contributed by atoms with Gasteiger partial charge in [-0.15, -0.1) is 0 Å². The fourth-order valence-electron chi connectivity index (χ4n) is 2.23. The first-order valence-electron chi connectivity index (χ1n) is 7.39. The summed E-state index contributed by atoms with van der Waals surface area (Å²) < 4.78 is 2.29. The monoisotopic (exact) mass is 244 g/mol. The van der Waals surface area contributed by atoms with Crippen LogP contribution in [0.15, 0.2) is 0 Å². The summed E-state index contributed by atoms with van der Waals surface area (Å²) in [5.74, 6) is 0. The maximum absolute atomic E-state index is 2.38. The van der Waals surface area contributed by atoms with E-state index in [2.05, 4.69) is 42.2 Å². The molecule has 0 unspecified atom stereocenters. The predicted octanol–water partition coefficient (Wildman–Crippen LogP) is 3.13. The molecule has 2 heteroatoms. The number of quaternary nitrogens is 2. The van der Waals surface area contributed by atoms with Crippen molar-refractivity contribution in [2.75, 3.05) is 54.9 Å². The highest BCUT2D eigenvalue weighted by molar-refractivity contribution is 4.43. The molecule has 0 aromatic heterocycles. The Bertz CT molecular complexity index is 180. The summed E-state index contributed by atoms with van der Waals surface area (Å²) in [6.07, 6.45) is 8.35. The molecule has 0 atom stereocenters. The summed E-state index contributed by atoms with van der Waals surface area (Å²) in [6.45, 7) is 6.24. The van der Waals surface area contributed by atoms with Gasteiger partial charge in [0.1, 0.15) is 0 Å². The van der Waals surface area contributed by atoms with Crippen molar-refractivity contribution >= 4 is 0 Å². The number of hydrogen-bond donors (Lipinski definition) is 0. The average Bonchev–Trinajstić information content (AvgIpc) is 2.14. The first-order valence-corrected chi connectivity index (χ1v) is 7.39. The van der Waals surface area contributed by atoms with E-state index in [0.29, 0.717) is 0 Å². The lowest BCUT2D eigenvalue weighted by Crippen LogP contribution is -2.44. The Balaban J connectivity index is 3.58. The van der Waals surface area contributed by atoms with Gasteiger partial charge in [-0.2, -0.15) is 0 Å². The van der Waals surface area contributed by atoms with Gasteiger partial charge >= 0.3 is 0 Å². The molecule has 0 rings (SSSR count). The molecule has 0 aliphatic rings. The Morgan fingerprint density at radius 1 is 0.588 bits per heavy atom. The van der Waals surface area contributed by atoms with Crippen molar-refractivity contribution in [3.8, 4) is 0 Å². The summed E-state index contributed by atoms with van der Waals surface area (Å²) in [5.41, 5.74) is 0. The van der Waals surface area contributed by atoms with Gasteiger partial charge in [-0.1, -0.05) is 26.2 Å². The van der Waals surface area contributed by atoms with Crippen LogP contribution < -0.4 is 0 Å².